The molecule has 0 unspecified atom stereocenters. The number of hydrogen-bond donors (Lipinski definition) is 6. The normalized spacial score (nSPS) is 18.6. The van der Waals surface area contributed by atoms with Crippen molar-refractivity contribution in [2.24, 2.45) is 11.5 Å². The largest absolute Gasteiger partial charge is 0.444 e. The van der Waals surface area contributed by atoms with Crippen LogP contribution in [0.3, 0.4) is 0 Å². The summed E-state index contributed by atoms with van der Waals surface area (Å²) in [5.41, 5.74) is 13.8. The Morgan fingerprint density at radius 1 is 0.584 bits per heavy atom. The van der Waals surface area contributed by atoms with Gasteiger partial charge in [-0.3, -0.25) is 24.4 Å². The number of carbonyl (C=O) groups excluding carboxylic acids is 4. The minimum absolute atomic E-state index is 0. The molecule has 5 fully saturated rings. The predicted molar refractivity (Wildman–Crippen MR) is 344 cm³/mol. The molecule has 9 heterocycles. The second-order valence-electron chi connectivity index (χ2n) is 25.0. The van der Waals surface area contributed by atoms with Gasteiger partial charge in [0.15, 0.2) is 11.3 Å². The molecule has 4 aromatic heterocycles. The number of fused-ring (bicyclic) bond motifs is 2. The van der Waals surface area contributed by atoms with E-state index in [4.69, 9.17) is 59.3 Å². The predicted octanol–water partition coefficient (Wildman–Crippen LogP) is 7.02. The van der Waals surface area contributed by atoms with Crippen LogP contribution in [0.2, 0.25) is 10.0 Å². The van der Waals surface area contributed by atoms with Gasteiger partial charge in [0.25, 0.3) is 11.8 Å². The molecule has 27 nitrogen and oxygen atoms in total. The number of aromatic nitrogens is 6. The summed E-state index contributed by atoms with van der Waals surface area (Å²) >= 11 is 12.5. The first-order chi connectivity index (χ1) is 41.3. The second-order valence-corrected chi connectivity index (χ2v) is 29.4. The van der Waals surface area contributed by atoms with Crippen LogP contribution in [-0.4, -0.2) is 174 Å². The highest BCUT2D eigenvalue weighted by molar-refractivity contribution is 7.92. The van der Waals surface area contributed by atoms with E-state index in [0.717, 1.165) is 88.1 Å². The van der Waals surface area contributed by atoms with Crippen LogP contribution < -0.4 is 46.2 Å². The van der Waals surface area contributed by atoms with E-state index in [2.05, 4.69) is 34.9 Å². The van der Waals surface area contributed by atoms with Gasteiger partial charge in [0.2, 0.25) is 20.0 Å². The number of piperidine rings is 2. The Bertz CT molecular complexity index is 3900. The average molecular weight is 1330 g/mol. The SMILES string of the molecule is CC(C)(C)OC(=O)Nc1cc(N2CC(NC(=O)OC(C)(C)C)C2)n2nc([C@@H]3CCCCN3C(=O)c3cc(Cl)ccc3NS(C)(=O)=O)cc2n1.CS(=O)(=O)Nc1ccc(Cl)cc1C(=O)N1CCCC[C@H]1c1cc2nc(N3CC(N)C3)cc(N3CC(N)C3)n2n1.Cl. The summed E-state index contributed by atoms with van der Waals surface area (Å²) in [6, 6.07) is 15.7. The Balaban J connectivity index is 0.000000214. The van der Waals surface area contributed by atoms with Crippen LogP contribution in [0.1, 0.15) is 124 Å². The minimum Gasteiger partial charge on any atom is -0.444 e. The molecule has 0 saturated carbocycles. The summed E-state index contributed by atoms with van der Waals surface area (Å²) in [6.45, 7) is 15.4. The van der Waals surface area contributed by atoms with E-state index in [0.29, 0.717) is 60.4 Å². The molecule has 5 saturated heterocycles. The number of nitrogens with two attached hydrogens (primary N) is 2. The van der Waals surface area contributed by atoms with Gasteiger partial charge in [0.1, 0.15) is 34.5 Å². The maximum absolute atomic E-state index is 14.1. The smallest absolute Gasteiger partial charge is 0.413 e. The Morgan fingerprint density at radius 2 is 1.02 bits per heavy atom. The number of amides is 4. The molecule has 5 aliphatic heterocycles. The van der Waals surface area contributed by atoms with Gasteiger partial charge in [-0.1, -0.05) is 23.2 Å². The van der Waals surface area contributed by atoms with E-state index in [1.807, 2.05) is 21.5 Å². The van der Waals surface area contributed by atoms with Gasteiger partial charge >= 0.3 is 12.2 Å². The molecule has 0 aliphatic carbocycles. The van der Waals surface area contributed by atoms with Crippen molar-refractivity contribution in [1.82, 2.24) is 44.3 Å². The number of benzene rings is 2. The molecule has 8 N–H and O–H groups in total. The Morgan fingerprint density at radius 3 is 1.48 bits per heavy atom. The van der Waals surface area contributed by atoms with Crippen molar-refractivity contribution in [1.29, 1.82) is 0 Å². The highest BCUT2D eigenvalue weighted by atomic mass is 35.5. The fourth-order valence-corrected chi connectivity index (χ4v) is 12.7. The topological polar surface area (TPSA) is 332 Å². The van der Waals surface area contributed by atoms with Crippen molar-refractivity contribution in [2.75, 3.05) is 94.3 Å². The number of hydrogen-bond acceptors (Lipinski definition) is 19. The fourth-order valence-electron chi connectivity index (χ4n) is 11.2. The molecule has 4 amide bonds. The average Bonchev–Trinajstić information content (AvgIpc) is 1.89. The molecule has 482 valence electrons. The second kappa shape index (κ2) is 26.0. The van der Waals surface area contributed by atoms with Crippen LogP contribution in [-0.2, 0) is 29.5 Å². The summed E-state index contributed by atoms with van der Waals surface area (Å²) in [5, 5.41) is 16.1. The van der Waals surface area contributed by atoms with Crippen LogP contribution in [0.4, 0.5) is 44.2 Å². The number of anilines is 6. The Kier molecular flexibility index (Phi) is 19.3. The molecule has 89 heavy (non-hydrogen) atoms. The number of sulfonamides is 2. The van der Waals surface area contributed by atoms with Gasteiger partial charge in [-0.15, -0.1) is 12.4 Å². The van der Waals surface area contributed by atoms with Crippen molar-refractivity contribution in [2.45, 2.75) is 121 Å². The molecule has 6 aromatic rings. The van der Waals surface area contributed by atoms with Crippen LogP contribution in [0, 0.1) is 0 Å². The van der Waals surface area contributed by atoms with E-state index >= 15 is 0 Å². The lowest BCUT2D eigenvalue weighted by atomic mass is 9.98. The third-order valence-corrected chi connectivity index (χ3v) is 16.7. The molecule has 5 aliphatic rings. The molecule has 0 bridgehead atoms. The molecule has 11 rings (SSSR count). The lowest BCUT2D eigenvalue weighted by Gasteiger charge is -2.41. The van der Waals surface area contributed by atoms with E-state index in [-0.39, 0.29) is 75.8 Å². The number of rotatable bonds is 13. The van der Waals surface area contributed by atoms with E-state index in [9.17, 15) is 36.0 Å². The summed E-state index contributed by atoms with van der Waals surface area (Å²) in [7, 11) is -7.27. The summed E-state index contributed by atoms with van der Waals surface area (Å²) in [5.74, 6) is 1.90. The first-order valence-electron chi connectivity index (χ1n) is 29.0. The van der Waals surface area contributed by atoms with Gasteiger partial charge in [-0.05, 0) is 116 Å². The highest BCUT2D eigenvalue weighted by Gasteiger charge is 2.38. The van der Waals surface area contributed by atoms with Gasteiger partial charge in [0, 0.05) is 98.8 Å². The van der Waals surface area contributed by atoms with Crippen molar-refractivity contribution in [3.63, 3.8) is 0 Å². The number of nitrogens with one attached hydrogen (secondary N) is 4. The van der Waals surface area contributed by atoms with Crippen molar-refractivity contribution in [3.8, 4) is 0 Å². The fraction of sp³-hybridized carbons (Fsp3) is 0.509. The maximum Gasteiger partial charge on any atom is 0.413 e. The molecule has 0 spiro atoms. The maximum atomic E-state index is 14.1. The standard InChI is InChI=1S/C32H43ClN8O7S.C25H32ClN9O3S.ClH/c1-31(2,3)47-29(43)34-20-17-39(18-20)27-16-25(36-30(44)48-32(4,5)6)35-26-15-23(37-41(26)27)24-10-8-9-13-40(24)28(42)21-14-19(33)11-12-22(21)38-49(7,45)46;1-39(37,38)31-19-6-5-15(26)8-18(19)25(36)34-7-3-2-4-21(34)20-9-23-29-22(32-11-16(27)12-32)10-24(35(23)30-20)33-13-17(28)14-33;/h11-12,14-16,20,24,38H,8-10,13,17-18H2,1-7H3,(H,34,43)(H,35,36,44);5-6,8-10,16-17,21,31H,2-4,7,11-14,27-28H2,1H3;1H/t24-;21-;/m00./s1. The van der Waals surface area contributed by atoms with Gasteiger partial charge in [0.05, 0.1) is 64.5 Å². The molecule has 2 atom stereocenters. The number of likely N-dealkylation sites (tertiary alicyclic amines) is 2. The third-order valence-electron chi connectivity index (χ3n) is 15.1. The minimum atomic E-state index is -3.67. The lowest BCUT2D eigenvalue weighted by Crippen LogP contribution is -2.60. The Labute approximate surface area is 533 Å². The summed E-state index contributed by atoms with van der Waals surface area (Å²) in [4.78, 5) is 72.3. The lowest BCUT2D eigenvalue weighted by molar-refractivity contribution is 0.0493. The monoisotopic (exact) mass is 1330 g/mol. The van der Waals surface area contributed by atoms with E-state index in [1.54, 1.807) is 74.1 Å². The highest BCUT2D eigenvalue weighted by Crippen LogP contribution is 2.38. The zero-order chi connectivity index (χ0) is 63.4. The van der Waals surface area contributed by atoms with E-state index in [1.165, 1.54) is 30.3 Å². The van der Waals surface area contributed by atoms with Crippen LogP contribution in [0.5, 0.6) is 0 Å². The molecule has 32 heteroatoms. The van der Waals surface area contributed by atoms with Gasteiger partial charge in [-0.2, -0.15) is 19.2 Å². The molecular weight excluding hydrogens is 1250 g/mol. The first kappa shape index (κ1) is 66.3. The third kappa shape index (κ3) is 16.1. The quantitative estimate of drug-likeness (QED) is 0.0676. The molecular formula is C57H76Cl3N17O10S2. The summed E-state index contributed by atoms with van der Waals surface area (Å²) < 4.78 is 67.3. The van der Waals surface area contributed by atoms with E-state index < -0.39 is 55.4 Å². The van der Waals surface area contributed by atoms with Crippen LogP contribution in [0.25, 0.3) is 11.3 Å². The number of halogens is 3. The van der Waals surface area contributed by atoms with Gasteiger partial charge in [-0.25, -0.2) is 36.4 Å². The number of carbonyl (C=O) groups is 4. The van der Waals surface area contributed by atoms with Gasteiger partial charge < -0.3 is 50.8 Å². The van der Waals surface area contributed by atoms with Crippen LogP contribution >= 0.6 is 35.6 Å². The van der Waals surface area contributed by atoms with Crippen molar-refractivity contribution < 1.29 is 45.5 Å². The Hall–Kier alpha value is -7.15. The molecule has 2 aromatic carbocycles. The molecule has 0 radical (unpaired) electrons. The van der Waals surface area contributed by atoms with Crippen molar-refractivity contribution in [3.05, 3.63) is 93.2 Å². The van der Waals surface area contributed by atoms with Crippen LogP contribution in [0.15, 0.2) is 60.7 Å². The zero-order valence-corrected chi connectivity index (χ0v) is 54.7. The number of ether oxygens (including phenoxy) is 2. The number of nitrogens with zero attached hydrogens (tertiary/aromatic N) is 11. The summed E-state index contributed by atoms with van der Waals surface area (Å²) in [6.07, 6.45) is 5.56. The first-order valence-corrected chi connectivity index (χ1v) is 33.6. The number of alkyl carbamates (subject to hydrolysis) is 1. The zero-order valence-electron chi connectivity index (χ0n) is 50.7. The van der Waals surface area contributed by atoms with Crippen molar-refractivity contribution >= 4 is 126 Å².